The number of carbonyl (C=O) groups excluding carboxylic acids is 1. The van der Waals surface area contributed by atoms with Gasteiger partial charge in [-0.15, -0.1) is 0 Å². The predicted octanol–water partition coefficient (Wildman–Crippen LogP) is 0.967. The Kier molecular flexibility index (Phi) is 5.03. The van der Waals surface area contributed by atoms with E-state index in [0.717, 1.165) is 0 Å². The minimum absolute atomic E-state index is 0.0465. The average Bonchev–Trinajstić information content (AvgIpc) is 3.41. The Balaban J connectivity index is 1.49. The third-order valence-corrected chi connectivity index (χ3v) is 4.37. The van der Waals surface area contributed by atoms with Crippen molar-refractivity contribution in [1.82, 2.24) is 29.8 Å². The van der Waals surface area contributed by atoms with E-state index in [0.29, 0.717) is 23.1 Å². The Labute approximate surface area is 167 Å². The maximum Gasteiger partial charge on any atom is 0.289 e. The van der Waals surface area contributed by atoms with Gasteiger partial charge in [-0.25, -0.2) is 9.67 Å². The van der Waals surface area contributed by atoms with Gasteiger partial charge in [-0.2, -0.15) is 5.10 Å². The van der Waals surface area contributed by atoms with Gasteiger partial charge in [0.15, 0.2) is 5.65 Å². The number of rotatable bonds is 7. The molecular weight excluding hydrogens is 394 g/mol. The van der Waals surface area contributed by atoms with Crippen LogP contribution in [0, 0.1) is 10.1 Å². The molecule has 0 saturated heterocycles. The smallest absolute Gasteiger partial charge is 0.289 e. The SMILES string of the molecule is O=C(NCCn1ncc2c(=O)n(Cc3cccc([N+](=O)[O-])c3)cnc21)c1ccno1. The third kappa shape index (κ3) is 3.78. The zero-order valence-electron chi connectivity index (χ0n) is 15.5. The number of carbonyl (C=O) groups is 1. The Morgan fingerprint density at radius 3 is 2.93 bits per heavy atom. The van der Waals surface area contributed by atoms with Gasteiger partial charge >= 0.3 is 0 Å². The van der Waals surface area contributed by atoms with Gasteiger partial charge in [0.1, 0.15) is 11.7 Å². The van der Waals surface area contributed by atoms with Gasteiger partial charge in [0.25, 0.3) is 17.2 Å². The number of hydrogen-bond donors (Lipinski definition) is 1. The predicted molar refractivity (Wildman–Crippen MR) is 103 cm³/mol. The van der Waals surface area contributed by atoms with E-state index in [4.69, 9.17) is 4.52 Å². The number of nitrogens with one attached hydrogen (secondary N) is 1. The van der Waals surface area contributed by atoms with Crippen molar-refractivity contribution in [2.75, 3.05) is 6.54 Å². The molecule has 1 N–H and O–H groups in total. The number of nitro benzene ring substituents is 1. The molecule has 1 aromatic carbocycles. The van der Waals surface area contributed by atoms with Crippen LogP contribution in [0.15, 0.2) is 58.4 Å². The van der Waals surface area contributed by atoms with Crippen molar-refractivity contribution in [2.45, 2.75) is 13.1 Å². The van der Waals surface area contributed by atoms with Gasteiger partial charge in [-0.1, -0.05) is 17.3 Å². The maximum absolute atomic E-state index is 12.7. The lowest BCUT2D eigenvalue weighted by Gasteiger charge is -2.07. The molecule has 0 spiro atoms. The summed E-state index contributed by atoms with van der Waals surface area (Å²) in [4.78, 5) is 39.3. The minimum Gasteiger partial charge on any atom is -0.351 e. The van der Waals surface area contributed by atoms with Crippen LogP contribution >= 0.6 is 0 Å². The summed E-state index contributed by atoms with van der Waals surface area (Å²) >= 11 is 0. The molecule has 0 atom stereocenters. The fourth-order valence-electron chi connectivity index (χ4n) is 2.93. The Bertz CT molecular complexity index is 1280. The quantitative estimate of drug-likeness (QED) is 0.350. The molecule has 0 aliphatic heterocycles. The Hall–Kier alpha value is -4.35. The molecule has 3 heterocycles. The minimum atomic E-state index is -0.487. The van der Waals surface area contributed by atoms with Gasteiger partial charge in [0.05, 0.1) is 30.4 Å². The summed E-state index contributed by atoms with van der Waals surface area (Å²) in [7, 11) is 0. The summed E-state index contributed by atoms with van der Waals surface area (Å²) in [5, 5.41) is 21.5. The summed E-state index contributed by atoms with van der Waals surface area (Å²) in [6.07, 6.45) is 4.15. The molecule has 12 nitrogen and oxygen atoms in total. The standard InChI is InChI=1S/C18H15N7O5/c26-17(15-4-5-22-30-15)19-6-7-24-16-14(9-21-24)18(27)23(11-20-16)10-12-2-1-3-13(8-12)25(28)29/h1-5,8-9,11H,6-7,10H2,(H,19,26). The van der Waals surface area contributed by atoms with E-state index in [1.165, 1.54) is 46.2 Å². The van der Waals surface area contributed by atoms with Crippen LogP contribution in [-0.4, -0.2) is 41.9 Å². The van der Waals surface area contributed by atoms with E-state index in [2.05, 4.69) is 20.6 Å². The molecule has 1 amide bonds. The van der Waals surface area contributed by atoms with Gasteiger partial charge < -0.3 is 9.84 Å². The number of fused-ring (bicyclic) bond motifs is 1. The first-order valence-electron chi connectivity index (χ1n) is 8.86. The van der Waals surface area contributed by atoms with Crippen LogP contribution in [-0.2, 0) is 13.1 Å². The number of non-ortho nitro benzene ring substituents is 1. The molecule has 4 rings (SSSR count). The highest BCUT2D eigenvalue weighted by Gasteiger charge is 2.13. The second kappa shape index (κ2) is 7.95. The molecule has 0 aliphatic rings. The zero-order chi connectivity index (χ0) is 21.1. The summed E-state index contributed by atoms with van der Waals surface area (Å²) in [6, 6.07) is 7.51. The van der Waals surface area contributed by atoms with Gasteiger partial charge in [0.2, 0.25) is 5.76 Å². The fourth-order valence-corrected chi connectivity index (χ4v) is 2.93. The summed E-state index contributed by atoms with van der Waals surface area (Å²) in [5.74, 6) is -0.307. The second-order valence-electron chi connectivity index (χ2n) is 6.34. The molecule has 0 bridgehead atoms. The molecule has 0 radical (unpaired) electrons. The maximum atomic E-state index is 12.7. The summed E-state index contributed by atoms with van der Waals surface area (Å²) in [5.41, 5.74) is 0.623. The van der Waals surface area contributed by atoms with Crippen LogP contribution in [0.5, 0.6) is 0 Å². The van der Waals surface area contributed by atoms with Crippen LogP contribution in [0.4, 0.5) is 5.69 Å². The van der Waals surface area contributed by atoms with Crippen molar-refractivity contribution in [1.29, 1.82) is 0 Å². The lowest BCUT2D eigenvalue weighted by Crippen LogP contribution is -2.27. The van der Waals surface area contributed by atoms with E-state index in [1.54, 1.807) is 12.1 Å². The van der Waals surface area contributed by atoms with E-state index < -0.39 is 10.8 Å². The van der Waals surface area contributed by atoms with Gasteiger partial charge in [-0.05, 0) is 5.56 Å². The van der Waals surface area contributed by atoms with E-state index in [-0.39, 0.29) is 30.1 Å². The Morgan fingerprint density at radius 2 is 2.17 bits per heavy atom. The number of nitrogens with zero attached hydrogens (tertiary/aromatic N) is 6. The monoisotopic (exact) mass is 409 g/mol. The summed E-state index contributed by atoms with van der Waals surface area (Å²) in [6.45, 7) is 0.682. The fraction of sp³-hybridized carbons (Fsp3) is 0.167. The van der Waals surface area contributed by atoms with Crippen LogP contribution in [0.2, 0.25) is 0 Å². The Morgan fingerprint density at radius 1 is 1.30 bits per heavy atom. The van der Waals surface area contributed by atoms with E-state index in [1.807, 2.05) is 0 Å². The molecule has 4 aromatic rings. The highest BCUT2D eigenvalue weighted by molar-refractivity contribution is 5.91. The van der Waals surface area contributed by atoms with Crippen LogP contribution in [0.1, 0.15) is 16.1 Å². The normalized spacial score (nSPS) is 10.9. The molecule has 0 fully saturated rings. The van der Waals surface area contributed by atoms with E-state index >= 15 is 0 Å². The molecular formula is C18H15N7O5. The van der Waals surface area contributed by atoms with Crippen molar-refractivity contribution in [3.05, 3.63) is 80.8 Å². The van der Waals surface area contributed by atoms with Crippen LogP contribution in [0.25, 0.3) is 11.0 Å². The topological polar surface area (TPSA) is 151 Å². The largest absolute Gasteiger partial charge is 0.351 e. The first-order valence-corrected chi connectivity index (χ1v) is 8.86. The number of hydrogen-bond acceptors (Lipinski definition) is 8. The zero-order valence-corrected chi connectivity index (χ0v) is 15.5. The van der Waals surface area contributed by atoms with Gasteiger partial charge in [-0.3, -0.25) is 24.3 Å². The number of amides is 1. The van der Waals surface area contributed by atoms with Crippen molar-refractivity contribution in [3.8, 4) is 0 Å². The number of aromatic nitrogens is 5. The second-order valence-corrected chi connectivity index (χ2v) is 6.34. The first kappa shape index (κ1) is 19.0. The van der Waals surface area contributed by atoms with Crippen molar-refractivity contribution in [3.63, 3.8) is 0 Å². The van der Waals surface area contributed by atoms with Crippen molar-refractivity contribution in [2.24, 2.45) is 0 Å². The molecule has 0 saturated carbocycles. The molecule has 30 heavy (non-hydrogen) atoms. The first-order chi connectivity index (χ1) is 14.5. The molecule has 152 valence electrons. The van der Waals surface area contributed by atoms with Crippen molar-refractivity contribution < 1.29 is 14.2 Å². The van der Waals surface area contributed by atoms with E-state index in [9.17, 15) is 19.7 Å². The molecule has 3 aromatic heterocycles. The highest BCUT2D eigenvalue weighted by atomic mass is 16.6. The molecule has 0 unspecified atom stereocenters. The van der Waals surface area contributed by atoms with Crippen molar-refractivity contribution >= 4 is 22.6 Å². The highest BCUT2D eigenvalue weighted by Crippen LogP contribution is 2.14. The lowest BCUT2D eigenvalue weighted by molar-refractivity contribution is -0.384. The average molecular weight is 409 g/mol. The number of benzene rings is 1. The van der Waals surface area contributed by atoms with Gasteiger partial charge in [0, 0.05) is 24.7 Å². The van der Waals surface area contributed by atoms with Crippen LogP contribution in [0.3, 0.4) is 0 Å². The van der Waals surface area contributed by atoms with Crippen LogP contribution < -0.4 is 10.9 Å². The number of nitro groups is 1. The lowest BCUT2D eigenvalue weighted by atomic mass is 10.2. The third-order valence-electron chi connectivity index (χ3n) is 4.37. The molecule has 12 heteroatoms. The summed E-state index contributed by atoms with van der Waals surface area (Å²) < 4.78 is 7.64. The molecule has 0 aliphatic carbocycles.